The molecule has 1 atom stereocenters. The summed E-state index contributed by atoms with van der Waals surface area (Å²) in [6, 6.07) is 8.02. The summed E-state index contributed by atoms with van der Waals surface area (Å²) in [5.74, 6) is 0.470. The number of hydrogen-bond donors (Lipinski definition) is 2. The Labute approximate surface area is 188 Å². The number of H-pyrrole nitrogens is 1. The highest BCUT2D eigenvalue weighted by atomic mass is 16.2. The molecule has 8 heteroatoms. The molecule has 1 unspecified atom stereocenters. The number of carbonyl (C=O) groups excluding carboxylic acids is 2. The lowest BCUT2D eigenvalue weighted by atomic mass is 9.99. The van der Waals surface area contributed by atoms with Gasteiger partial charge in [-0.1, -0.05) is 18.2 Å². The van der Waals surface area contributed by atoms with Crippen molar-refractivity contribution in [2.45, 2.75) is 38.6 Å². The van der Waals surface area contributed by atoms with Gasteiger partial charge in [0.25, 0.3) is 5.91 Å². The summed E-state index contributed by atoms with van der Waals surface area (Å²) >= 11 is 0. The van der Waals surface area contributed by atoms with Crippen LogP contribution in [0.5, 0.6) is 0 Å². The number of fused-ring (bicyclic) bond motifs is 1. The Bertz CT molecular complexity index is 1140. The first-order valence-electron chi connectivity index (χ1n) is 11.0. The number of hydrogen-bond acceptors (Lipinski definition) is 5. The summed E-state index contributed by atoms with van der Waals surface area (Å²) in [6.45, 7) is 5.05. The van der Waals surface area contributed by atoms with Crippen LogP contribution < -0.4 is 10.2 Å². The monoisotopic (exact) mass is 434 g/mol. The van der Waals surface area contributed by atoms with Crippen LogP contribution in [0.2, 0.25) is 0 Å². The fourth-order valence-corrected chi connectivity index (χ4v) is 4.19. The molecule has 0 aliphatic carbocycles. The van der Waals surface area contributed by atoms with Crippen LogP contribution in [-0.4, -0.2) is 64.9 Å². The van der Waals surface area contributed by atoms with E-state index in [1.54, 1.807) is 6.20 Å². The second-order valence-electron chi connectivity index (χ2n) is 8.85. The van der Waals surface area contributed by atoms with E-state index in [0.29, 0.717) is 36.7 Å². The Kier molecular flexibility index (Phi) is 6.12. The summed E-state index contributed by atoms with van der Waals surface area (Å²) in [7, 11) is 3.75. The van der Waals surface area contributed by atoms with Gasteiger partial charge in [0.2, 0.25) is 11.9 Å². The summed E-state index contributed by atoms with van der Waals surface area (Å²) in [5.41, 5.74) is 3.24. The predicted octanol–water partition coefficient (Wildman–Crippen LogP) is 2.72. The molecule has 168 valence electrons. The Morgan fingerprint density at radius 3 is 2.81 bits per heavy atom. The summed E-state index contributed by atoms with van der Waals surface area (Å²) in [6.07, 6.45) is 4.64. The minimum absolute atomic E-state index is 0.00321. The fourth-order valence-electron chi connectivity index (χ4n) is 4.19. The average Bonchev–Trinajstić information content (AvgIpc) is 3.41. The van der Waals surface area contributed by atoms with Crippen LogP contribution in [0.1, 0.15) is 47.8 Å². The highest BCUT2D eigenvalue weighted by molar-refractivity contribution is 5.95. The van der Waals surface area contributed by atoms with Gasteiger partial charge in [-0.25, -0.2) is 9.97 Å². The number of para-hydroxylation sites is 1. The first-order chi connectivity index (χ1) is 15.3. The quantitative estimate of drug-likeness (QED) is 0.622. The largest absolute Gasteiger partial charge is 0.361 e. The molecule has 0 saturated carbocycles. The topological polar surface area (TPSA) is 94.2 Å². The lowest BCUT2D eigenvalue weighted by Crippen LogP contribution is -2.33. The van der Waals surface area contributed by atoms with Gasteiger partial charge in [-0.3, -0.25) is 9.59 Å². The van der Waals surface area contributed by atoms with Crippen LogP contribution in [-0.2, 0) is 11.2 Å². The molecule has 0 bridgehead atoms. The van der Waals surface area contributed by atoms with Crippen LogP contribution in [0, 0.1) is 0 Å². The van der Waals surface area contributed by atoms with Crippen LogP contribution in [0.3, 0.4) is 0 Å². The van der Waals surface area contributed by atoms with Gasteiger partial charge in [0, 0.05) is 62.4 Å². The molecule has 2 N–H and O–H groups in total. The number of aromatic nitrogens is 3. The zero-order valence-electron chi connectivity index (χ0n) is 19.1. The average molecular weight is 435 g/mol. The van der Waals surface area contributed by atoms with Crippen molar-refractivity contribution in [2.24, 2.45) is 0 Å². The van der Waals surface area contributed by atoms with Crippen molar-refractivity contribution < 1.29 is 9.59 Å². The molecule has 1 aliphatic heterocycles. The standard InChI is InChI=1S/C24H30N6O2/c1-15(2)27-23(32)19-13-26-24(29(3)4)28-22(19)16-9-10-30(14-16)21(31)11-17-12-25-20-8-6-5-7-18(17)20/h5-8,12-13,15-16,25H,9-11,14H2,1-4H3,(H,27,32). The summed E-state index contributed by atoms with van der Waals surface area (Å²) in [4.78, 5) is 41.8. The normalized spacial score (nSPS) is 16.0. The van der Waals surface area contributed by atoms with Crippen molar-refractivity contribution in [3.63, 3.8) is 0 Å². The van der Waals surface area contributed by atoms with E-state index in [2.05, 4.69) is 15.3 Å². The van der Waals surface area contributed by atoms with Crippen molar-refractivity contribution in [1.29, 1.82) is 0 Å². The van der Waals surface area contributed by atoms with Gasteiger partial charge in [-0.15, -0.1) is 0 Å². The van der Waals surface area contributed by atoms with Crippen molar-refractivity contribution in [2.75, 3.05) is 32.1 Å². The van der Waals surface area contributed by atoms with Crippen molar-refractivity contribution in [3.8, 4) is 0 Å². The highest BCUT2D eigenvalue weighted by Crippen LogP contribution is 2.30. The van der Waals surface area contributed by atoms with Crippen molar-refractivity contribution >= 4 is 28.7 Å². The van der Waals surface area contributed by atoms with Gasteiger partial charge in [0.05, 0.1) is 17.7 Å². The number of likely N-dealkylation sites (tertiary alicyclic amines) is 1. The SMILES string of the molecule is CC(C)NC(=O)c1cnc(N(C)C)nc1C1CCN(C(=O)Cc2c[nH]c3ccccc23)C1. The van der Waals surface area contributed by atoms with Crippen molar-refractivity contribution in [1.82, 2.24) is 25.2 Å². The van der Waals surface area contributed by atoms with Crippen LogP contribution >= 0.6 is 0 Å². The molecule has 3 heterocycles. The number of benzene rings is 1. The molecular formula is C24H30N6O2. The minimum Gasteiger partial charge on any atom is -0.361 e. The van der Waals surface area contributed by atoms with E-state index >= 15 is 0 Å². The third-order valence-electron chi connectivity index (χ3n) is 5.81. The summed E-state index contributed by atoms with van der Waals surface area (Å²) in [5, 5.41) is 4.02. The Morgan fingerprint density at radius 1 is 1.28 bits per heavy atom. The van der Waals surface area contributed by atoms with Crippen LogP contribution in [0.4, 0.5) is 5.95 Å². The van der Waals surface area contributed by atoms with Gasteiger partial charge >= 0.3 is 0 Å². The Morgan fingerprint density at radius 2 is 2.06 bits per heavy atom. The maximum Gasteiger partial charge on any atom is 0.254 e. The van der Waals surface area contributed by atoms with Gasteiger partial charge in [0.1, 0.15) is 0 Å². The fraction of sp³-hybridized carbons (Fsp3) is 0.417. The second kappa shape index (κ2) is 8.98. The van der Waals surface area contributed by atoms with E-state index in [1.807, 2.05) is 68.2 Å². The van der Waals surface area contributed by atoms with Gasteiger partial charge in [-0.05, 0) is 31.9 Å². The number of carbonyl (C=O) groups is 2. The molecule has 32 heavy (non-hydrogen) atoms. The number of amides is 2. The molecule has 1 aromatic carbocycles. The first-order valence-corrected chi connectivity index (χ1v) is 11.0. The van der Waals surface area contributed by atoms with Gasteiger partial charge in [-0.2, -0.15) is 0 Å². The Hall–Kier alpha value is -3.42. The third-order valence-corrected chi connectivity index (χ3v) is 5.81. The van der Waals surface area contributed by atoms with Crippen molar-refractivity contribution in [3.05, 3.63) is 53.5 Å². The van der Waals surface area contributed by atoms with E-state index in [9.17, 15) is 9.59 Å². The number of rotatable bonds is 6. The smallest absolute Gasteiger partial charge is 0.254 e. The molecule has 3 aromatic rings. The molecule has 2 amide bonds. The molecule has 0 radical (unpaired) electrons. The maximum atomic E-state index is 13.1. The maximum absolute atomic E-state index is 13.1. The van der Waals surface area contributed by atoms with Crippen LogP contribution in [0.25, 0.3) is 10.9 Å². The molecule has 1 fully saturated rings. The number of nitrogens with one attached hydrogen (secondary N) is 2. The van der Waals surface area contributed by atoms with Crippen LogP contribution in [0.15, 0.2) is 36.7 Å². The third kappa shape index (κ3) is 4.44. The predicted molar refractivity (Wildman–Crippen MR) is 125 cm³/mol. The first kappa shape index (κ1) is 21.8. The molecule has 1 saturated heterocycles. The number of aromatic amines is 1. The minimum atomic E-state index is -0.177. The van der Waals surface area contributed by atoms with E-state index in [-0.39, 0.29) is 23.8 Å². The molecule has 0 spiro atoms. The zero-order chi connectivity index (χ0) is 22.8. The van der Waals surface area contributed by atoms with E-state index < -0.39 is 0 Å². The van der Waals surface area contributed by atoms with E-state index in [1.165, 1.54) is 0 Å². The van der Waals surface area contributed by atoms with Gasteiger partial charge < -0.3 is 20.1 Å². The zero-order valence-corrected chi connectivity index (χ0v) is 19.1. The molecule has 8 nitrogen and oxygen atoms in total. The Balaban J connectivity index is 1.53. The highest BCUT2D eigenvalue weighted by Gasteiger charge is 2.32. The van der Waals surface area contributed by atoms with E-state index in [4.69, 9.17) is 4.98 Å². The molecular weight excluding hydrogens is 404 g/mol. The number of nitrogens with zero attached hydrogens (tertiary/aromatic N) is 4. The van der Waals surface area contributed by atoms with Gasteiger partial charge in [0.15, 0.2) is 0 Å². The second-order valence-corrected chi connectivity index (χ2v) is 8.85. The molecule has 2 aromatic heterocycles. The lowest BCUT2D eigenvalue weighted by molar-refractivity contribution is -0.129. The molecule has 1 aliphatic rings. The summed E-state index contributed by atoms with van der Waals surface area (Å²) < 4.78 is 0. The molecule has 4 rings (SSSR count). The lowest BCUT2D eigenvalue weighted by Gasteiger charge is -2.19. The number of anilines is 1. The van der Waals surface area contributed by atoms with E-state index in [0.717, 1.165) is 22.9 Å².